The summed E-state index contributed by atoms with van der Waals surface area (Å²) >= 11 is 0. The molecular formula is C19H28N4O. The minimum Gasteiger partial charge on any atom is -0.331 e. The molecule has 2 rings (SSSR count). The molecule has 2 amide bonds. The van der Waals surface area contributed by atoms with Crippen molar-refractivity contribution < 1.29 is 4.79 Å². The van der Waals surface area contributed by atoms with Gasteiger partial charge in [-0.05, 0) is 37.8 Å². The topological polar surface area (TPSA) is 59.0 Å². The van der Waals surface area contributed by atoms with Crippen LogP contribution in [0.2, 0.25) is 0 Å². The third kappa shape index (κ3) is 3.78. The van der Waals surface area contributed by atoms with Crippen molar-refractivity contribution in [2.45, 2.75) is 53.0 Å². The van der Waals surface area contributed by atoms with E-state index in [0.29, 0.717) is 0 Å². The Kier molecular flexibility index (Phi) is 5.02. The molecule has 0 saturated carbocycles. The van der Waals surface area contributed by atoms with Crippen molar-refractivity contribution in [3.63, 3.8) is 0 Å². The predicted octanol–water partition coefficient (Wildman–Crippen LogP) is 4.22. The summed E-state index contributed by atoms with van der Waals surface area (Å²) in [6, 6.07) is 7.60. The van der Waals surface area contributed by atoms with E-state index >= 15 is 0 Å². The molecule has 130 valence electrons. The third-order valence-electron chi connectivity index (χ3n) is 4.33. The van der Waals surface area contributed by atoms with E-state index < -0.39 is 0 Å². The number of hydrogen-bond donors (Lipinski definition) is 2. The van der Waals surface area contributed by atoms with Gasteiger partial charge in [0.2, 0.25) is 0 Å². The Morgan fingerprint density at radius 1 is 1.21 bits per heavy atom. The highest BCUT2D eigenvalue weighted by molar-refractivity contribution is 5.90. The largest absolute Gasteiger partial charge is 0.331 e. The Balaban J connectivity index is 2.15. The van der Waals surface area contributed by atoms with Crippen LogP contribution >= 0.6 is 0 Å². The van der Waals surface area contributed by atoms with Crippen molar-refractivity contribution in [2.75, 3.05) is 5.32 Å². The monoisotopic (exact) mass is 328 g/mol. The minimum atomic E-state index is -0.207. The number of carbonyl (C=O) groups is 1. The molecule has 0 aliphatic rings. The van der Waals surface area contributed by atoms with Gasteiger partial charge < -0.3 is 10.6 Å². The minimum absolute atomic E-state index is 0.0357. The molecule has 0 aliphatic heterocycles. The summed E-state index contributed by atoms with van der Waals surface area (Å²) < 4.78 is 1.84. The second-order valence-corrected chi connectivity index (χ2v) is 7.32. The summed E-state index contributed by atoms with van der Waals surface area (Å²) in [7, 11) is 1.91. The quantitative estimate of drug-likeness (QED) is 0.886. The first-order chi connectivity index (χ1) is 11.1. The van der Waals surface area contributed by atoms with Crippen molar-refractivity contribution in [2.24, 2.45) is 7.05 Å². The molecule has 0 unspecified atom stereocenters. The number of benzene rings is 1. The van der Waals surface area contributed by atoms with Crippen molar-refractivity contribution in [3.8, 4) is 0 Å². The molecule has 0 fully saturated rings. The number of nitrogens with zero attached hydrogens (tertiary/aromatic N) is 2. The zero-order valence-electron chi connectivity index (χ0n) is 15.7. The molecule has 2 N–H and O–H groups in total. The van der Waals surface area contributed by atoms with Crippen molar-refractivity contribution in [1.82, 2.24) is 15.1 Å². The molecule has 24 heavy (non-hydrogen) atoms. The normalized spacial score (nSPS) is 12.8. The maximum absolute atomic E-state index is 12.5. The maximum atomic E-state index is 12.5. The van der Waals surface area contributed by atoms with E-state index in [4.69, 9.17) is 0 Å². The molecule has 0 saturated heterocycles. The fourth-order valence-corrected chi connectivity index (χ4v) is 3.09. The molecule has 0 spiro atoms. The van der Waals surface area contributed by atoms with Crippen LogP contribution in [0.3, 0.4) is 0 Å². The first-order valence-corrected chi connectivity index (χ1v) is 8.28. The van der Waals surface area contributed by atoms with Crippen molar-refractivity contribution in [3.05, 3.63) is 46.8 Å². The van der Waals surface area contributed by atoms with E-state index in [1.54, 1.807) is 0 Å². The van der Waals surface area contributed by atoms with Gasteiger partial charge in [0.05, 0.1) is 11.7 Å². The molecule has 1 aromatic heterocycles. The molecule has 5 nitrogen and oxygen atoms in total. The van der Waals surface area contributed by atoms with Crippen molar-refractivity contribution in [1.29, 1.82) is 0 Å². The van der Waals surface area contributed by atoms with Gasteiger partial charge in [0.25, 0.3) is 0 Å². The summed E-state index contributed by atoms with van der Waals surface area (Å²) in [6.45, 7) is 12.4. The van der Waals surface area contributed by atoms with Crippen LogP contribution in [-0.4, -0.2) is 15.8 Å². The molecule has 1 heterocycles. The predicted molar refractivity (Wildman–Crippen MR) is 98.4 cm³/mol. The molecular weight excluding hydrogens is 300 g/mol. The Morgan fingerprint density at radius 3 is 2.38 bits per heavy atom. The van der Waals surface area contributed by atoms with E-state index in [1.165, 1.54) is 0 Å². The van der Waals surface area contributed by atoms with Gasteiger partial charge in [-0.2, -0.15) is 5.10 Å². The Labute approximate surface area is 144 Å². The van der Waals surface area contributed by atoms with E-state index in [2.05, 4.69) is 42.6 Å². The SMILES string of the molecule is Cc1nn(C)c(C)c1[C@H](C)NC(=O)Nc1ccccc1C(C)(C)C. The average molecular weight is 328 g/mol. The standard InChI is InChI=1S/C19H28N4O/c1-12(17-13(2)22-23(7)14(17)3)20-18(24)21-16-11-9-8-10-15(16)19(4,5)6/h8-12H,1-7H3,(H2,20,21,24)/t12-/m0/s1. The second-order valence-electron chi connectivity index (χ2n) is 7.32. The van der Waals surface area contributed by atoms with E-state index in [-0.39, 0.29) is 17.5 Å². The van der Waals surface area contributed by atoms with Gasteiger partial charge in [-0.25, -0.2) is 4.79 Å². The lowest BCUT2D eigenvalue weighted by molar-refractivity contribution is 0.249. The number of rotatable bonds is 3. The van der Waals surface area contributed by atoms with E-state index in [0.717, 1.165) is 28.2 Å². The lowest BCUT2D eigenvalue weighted by atomic mass is 9.86. The van der Waals surface area contributed by atoms with E-state index in [1.807, 2.05) is 50.7 Å². The van der Waals surface area contributed by atoms with Crippen molar-refractivity contribution >= 4 is 11.7 Å². The molecule has 1 aromatic carbocycles. The number of para-hydroxylation sites is 1. The smallest absolute Gasteiger partial charge is 0.319 e. The number of urea groups is 1. The van der Waals surface area contributed by atoms with Crippen LogP contribution in [-0.2, 0) is 12.5 Å². The fraction of sp³-hybridized carbons (Fsp3) is 0.474. The molecule has 0 bridgehead atoms. The Hall–Kier alpha value is -2.30. The number of anilines is 1. The average Bonchev–Trinajstić information content (AvgIpc) is 2.71. The highest BCUT2D eigenvalue weighted by atomic mass is 16.2. The molecule has 0 radical (unpaired) electrons. The first-order valence-electron chi connectivity index (χ1n) is 8.28. The fourth-order valence-electron chi connectivity index (χ4n) is 3.09. The lowest BCUT2D eigenvalue weighted by Crippen LogP contribution is -2.32. The van der Waals surface area contributed by atoms with Crippen LogP contribution in [0, 0.1) is 13.8 Å². The van der Waals surface area contributed by atoms with Crippen LogP contribution in [0.4, 0.5) is 10.5 Å². The lowest BCUT2D eigenvalue weighted by Gasteiger charge is -2.23. The van der Waals surface area contributed by atoms with Gasteiger partial charge in [0.15, 0.2) is 0 Å². The van der Waals surface area contributed by atoms with Crippen LogP contribution in [0.5, 0.6) is 0 Å². The number of carbonyl (C=O) groups excluding carboxylic acids is 1. The van der Waals surface area contributed by atoms with Gasteiger partial charge in [-0.1, -0.05) is 39.0 Å². The van der Waals surface area contributed by atoms with Gasteiger partial charge in [-0.15, -0.1) is 0 Å². The Morgan fingerprint density at radius 2 is 1.83 bits per heavy atom. The van der Waals surface area contributed by atoms with Crippen LogP contribution < -0.4 is 10.6 Å². The maximum Gasteiger partial charge on any atom is 0.319 e. The molecule has 2 aromatic rings. The molecule has 5 heteroatoms. The summed E-state index contributed by atoms with van der Waals surface area (Å²) in [6.07, 6.45) is 0. The Bertz CT molecular complexity index is 740. The van der Waals surface area contributed by atoms with E-state index in [9.17, 15) is 4.79 Å². The highest BCUT2D eigenvalue weighted by Gasteiger charge is 2.21. The van der Waals surface area contributed by atoms with Crippen LogP contribution in [0.15, 0.2) is 24.3 Å². The zero-order valence-corrected chi connectivity index (χ0v) is 15.7. The number of hydrogen-bond acceptors (Lipinski definition) is 2. The zero-order chi connectivity index (χ0) is 18.1. The summed E-state index contributed by atoms with van der Waals surface area (Å²) in [4.78, 5) is 12.5. The number of amides is 2. The highest BCUT2D eigenvalue weighted by Crippen LogP contribution is 2.29. The van der Waals surface area contributed by atoms with Gasteiger partial charge >= 0.3 is 6.03 Å². The second kappa shape index (κ2) is 6.67. The molecule has 0 aliphatic carbocycles. The number of aromatic nitrogens is 2. The summed E-state index contributed by atoms with van der Waals surface area (Å²) in [5, 5.41) is 10.4. The first kappa shape index (κ1) is 18.0. The van der Waals surface area contributed by atoms with Gasteiger partial charge in [-0.3, -0.25) is 4.68 Å². The number of nitrogens with one attached hydrogen (secondary N) is 2. The van der Waals surface area contributed by atoms with Gasteiger partial charge in [0.1, 0.15) is 0 Å². The van der Waals surface area contributed by atoms with Gasteiger partial charge in [0, 0.05) is 24.0 Å². The number of aryl methyl sites for hydroxylation is 2. The molecule has 1 atom stereocenters. The third-order valence-corrected chi connectivity index (χ3v) is 4.33. The van der Waals surface area contributed by atoms with Crippen LogP contribution in [0.25, 0.3) is 0 Å². The summed E-state index contributed by atoms with van der Waals surface area (Å²) in [5.41, 5.74) is 4.99. The summed E-state index contributed by atoms with van der Waals surface area (Å²) in [5.74, 6) is 0. The van der Waals surface area contributed by atoms with Crippen LogP contribution in [0.1, 0.15) is 56.3 Å².